The second-order valence-corrected chi connectivity index (χ2v) is 25.6. The number of rotatable bonds is 16. The number of fused-ring (bicyclic) bond motifs is 8. The number of amides is 1. The van der Waals surface area contributed by atoms with Crippen LogP contribution in [0.2, 0.25) is 0 Å². The molecule has 1 amide bonds. The number of hydrogen-bond donors (Lipinski definition) is 2. The normalized spacial score (nSPS) is 20.1. The summed E-state index contributed by atoms with van der Waals surface area (Å²) in [5, 5.41) is 4.87. The third-order valence-electron chi connectivity index (χ3n) is 17.5. The van der Waals surface area contributed by atoms with Gasteiger partial charge in [0, 0.05) is 141 Å². The third-order valence-corrected chi connectivity index (χ3v) is 18.8. The van der Waals surface area contributed by atoms with Crippen LogP contribution in [-0.4, -0.2) is 158 Å². The summed E-state index contributed by atoms with van der Waals surface area (Å²) in [4.78, 5) is 53.6. The summed E-state index contributed by atoms with van der Waals surface area (Å²) in [6, 6.07) is 28.6. The Bertz CT molecular complexity index is 3560. The second-order valence-electron chi connectivity index (χ2n) is 23.6. The van der Waals surface area contributed by atoms with Crippen molar-refractivity contribution in [3.05, 3.63) is 143 Å². The number of carbonyl (C=O) groups excluding carboxylic acids is 1. The second kappa shape index (κ2) is 22.2. The number of nitrogens with one attached hydrogen (secondary N) is 2. The van der Waals surface area contributed by atoms with Gasteiger partial charge in [0.15, 0.2) is 0 Å². The first-order valence-corrected chi connectivity index (χ1v) is 30.5. The molecule has 12 rings (SSSR count). The SMILES string of the molecule is CC(C)(C)C(=O)N1CCN(CCCN(Cc2nccc3c2[nH]c2cccc(C4Cc5cccnc5C(N(CCCN5CCN(S(C)(=O)=O)CC5)Cc5nccc6c5[nH]c5ccccc56)C4)c23)C2CCCc3cccnc32)CC1. The van der Waals surface area contributed by atoms with Crippen molar-refractivity contribution in [2.45, 2.75) is 96.8 Å². The average molecular weight is 1070 g/mol. The van der Waals surface area contributed by atoms with E-state index in [2.05, 4.69) is 108 Å². The molecule has 2 saturated heterocycles. The van der Waals surface area contributed by atoms with Crippen LogP contribution in [0.1, 0.15) is 110 Å². The topological polar surface area (TPSA) is 154 Å². The maximum absolute atomic E-state index is 13.1. The Kier molecular flexibility index (Phi) is 14.9. The van der Waals surface area contributed by atoms with Crippen molar-refractivity contribution < 1.29 is 13.2 Å². The molecule has 3 unspecified atom stereocenters. The first kappa shape index (κ1) is 52.6. The molecular formula is C62H76N12O3S. The fraction of sp³-hybridized carbons (Fsp3) is 0.468. The summed E-state index contributed by atoms with van der Waals surface area (Å²) in [6.45, 7) is 16.9. The van der Waals surface area contributed by atoms with Gasteiger partial charge in [-0.1, -0.05) is 63.2 Å². The Hall–Kier alpha value is -6.14. The number of para-hydroxylation sites is 1. The Balaban J connectivity index is 0.840. The molecule has 8 aromatic rings. The van der Waals surface area contributed by atoms with Gasteiger partial charge in [0.25, 0.3) is 0 Å². The average Bonchev–Trinajstić information content (AvgIpc) is 4.21. The van der Waals surface area contributed by atoms with Crippen LogP contribution in [0.25, 0.3) is 43.6 Å². The number of aromatic nitrogens is 6. The van der Waals surface area contributed by atoms with E-state index in [1.165, 1.54) is 50.2 Å². The van der Waals surface area contributed by atoms with Crippen LogP contribution in [0, 0.1) is 5.41 Å². The first-order chi connectivity index (χ1) is 37.8. The summed E-state index contributed by atoms with van der Waals surface area (Å²) in [6.07, 6.45) is 16.2. The largest absolute Gasteiger partial charge is 0.353 e. The van der Waals surface area contributed by atoms with Crippen molar-refractivity contribution in [2.24, 2.45) is 5.41 Å². The lowest BCUT2D eigenvalue weighted by atomic mass is 9.77. The number of hydrogen-bond acceptors (Lipinski definition) is 11. The van der Waals surface area contributed by atoms with Gasteiger partial charge in [0.2, 0.25) is 15.9 Å². The lowest BCUT2D eigenvalue weighted by molar-refractivity contribution is -0.141. The molecule has 2 aliphatic heterocycles. The molecule has 0 bridgehead atoms. The number of aryl methyl sites for hydroxylation is 1. The first-order valence-electron chi connectivity index (χ1n) is 28.6. The fourth-order valence-corrected chi connectivity index (χ4v) is 14.4. The van der Waals surface area contributed by atoms with Crippen molar-refractivity contribution in [1.29, 1.82) is 0 Å². The number of sulfonamides is 1. The van der Waals surface area contributed by atoms with Gasteiger partial charge in [0.1, 0.15) is 0 Å². The molecule has 0 spiro atoms. The standard InChI is InChI=1S/C62H76N12O3S/c1-62(2,3)61(75)71-35-31-69(32-36-71)27-11-29-72(54-20-7-13-43-14-9-23-65-57(43)54)41-53-60-49(22-26-64-53)56-46(17-8-19-51(56)68-60)45-39-44-15-10-24-66-58(44)55(40-45)73(30-12-28-70-33-37-74(38-34-70)78(4,76)77)42-52-59-48(21-25-63-52)47-16-5-6-18-50(47)67-59/h5-6,8-10,14-19,21-26,45,54-55,67-68H,7,11-13,20,27-42H2,1-4H3. The van der Waals surface area contributed by atoms with E-state index < -0.39 is 10.0 Å². The molecule has 2 aliphatic carbocycles. The number of pyridine rings is 4. The van der Waals surface area contributed by atoms with Crippen molar-refractivity contribution in [3.63, 3.8) is 0 Å². The van der Waals surface area contributed by atoms with Crippen molar-refractivity contribution in [1.82, 2.24) is 58.7 Å². The maximum atomic E-state index is 13.1. The Morgan fingerprint density at radius 1 is 0.641 bits per heavy atom. The smallest absolute Gasteiger partial charge is 0.228 e. The van der Waals surface area contributed by atoms with Gasteiger partial charge in [-0.05, 0) is 117 Å². The molecule has 0 radical (unpaired) electrons. The number of nitrogens with zero attached hydrogens (tertiary/aromatic N) is 10. The molecule has 2 fully saturated rings. The molecule has 16 heteroatoms. The predicted octanol–water partition coefficient (Wildman–Crippen LogP) is 9.24. The summed E-state index contributed by atoms with van der Waals surface area (Å²) in [5.74, 6) is 0.456. The zero-order chi connectivity index (χ0) is 53.5. The van der Waals surface area contributed by atoms with Crippen LogP contribution < -0.4 is 0 Å². The Morgan fingerprint density at radius 2 is 1.24 bits per heavy atom. The predicted molar refractivity (Wildman–Crippen MR) is 311 cm³/mol. The van der Waals surface area contributed by atoms with Crippen molar-refractivity contribution in [3.8, 4) is 0 Å². The van der Waals surface area contributed by atoms with Crippen molar-refractivity contribution >= 4 is 59.5 Å². The van der Waals surface area contributed by atoms with Gasteiger partial charge in [-0.15, -0.1) is 0 Å². The van der Waals surface area contributed by atoms with Gasteiger partial charge in [-0.3, -0.25) is 39.4 Å². The number of carbonyl (C=O) groups is 1. The zero-order valence-electron chi connectivity index (χ0n) is 46.0. The van der Waals surface area contributed by atoms with E-state index in [0.717, 1.165) is 150 Å². The summed E-state index contributed by atoms with van der Waals surface area (Å²) in [5.41, 5.74) is 12.5. The number of benzene rings is 2. The highest BCUT2D eigenvalue weighted by Crippen LogP contribution is 2.45. The van der Waals surface area contributed by atoms with E-state index in [9.17, 15) is 13.2 Å². The van der Waals surface area contributed by atoms with Crippen LogP contribution in [-0.2, 0) is 40.7 Å². The molecule has 15 nitrogen and oxygen atoms in total. The molecule has 78 heavy (non-hydrogen) atoms. The molecule has 0 saturated carbocycles. The van der Waals surface area contributed by atoms with E-state index >= 15 is 0 Å². The van der Waals surface area contributed by atoms with Crippen molar-refractivity contribution in [2.75, 3.05) is 84.8 Å². The number of aromatic amines is 2. The van der Waals surface area contributed by atoms with Crippen LogP contribution >= 0.6 is 0 Å². The summed E-state index contributed by atoms with van der Waals surface area (Å²) >= 11 is 0. The Morgan fingerprint density at radius 3 is 1.94 bits per heavy atom. The fourth-order valence-electron chi connectivity index (χ4n) is 13.5. The van der Waals surface area contributed by atoms with Gasteiger partial charge in [0.05, 0.1) is 52.1 Å². The Labute approximate surface area is 459 Å². The molecule has 8 heterocycles. The molecule has 3 atom stereocenters. The lowest BCUT2D eigenvalue weighted by Crippen LogP contribution is -2.51. The van der Waals surface area contributed by atoms with Crippen LogP contribution in [0.15, 0.2) is 104 Å². The molecular weight excluding hydrogens is 993 g/mol. The van der Waals surface area contributed by atoms with Gasteiger partial charge >= 0.3 is 0 Å². The highest BCUT2D eigenvalue weighted by molar-refractivity contribution is 7.88. The van der Waals surface area contributed by atoms with Gasteiger partial charge in [-0.2, -0.15) is 4.31 Å². The molecule has 2 N–H and O–H groups in total. The molecule has 2 aromatic carbocycles. The number of piperazine rings is 2. The van der Waals surface area contributed by atoms with Gasteiger partial charge in [-0.25, -0.2) is 8.42 Å². The van der Waals surface area contributed by atoms with E-state index in [1.807, 2.05) is 50.5 Å². The summed E-state index contributed by atoms with van der Waals surface area (Å²) in [7, 11) is -3.21. The minimum Gasteiger partial charge on any atom is -0.353 e. The van der Waals surface area contributed by atoms with E-state index in [4.69, 9.17) is 19.9 Å². The van der Waals surface area contributed by atoms with E-state index in [0.29, 0.717) is 26.2 Å². The van der Waals surface area contributed by atoms with Crippen LogP contribution in [0.4, 0.5) is 0 Å². The zero-order valence-corrected chi connectivity index (χ0v) is 46.8. The van der Waals surface area contributed by atoms with Crippen LogP contribution in [0.3, 0.4) is 0 Å². The monoisotopic (exact) mass is 1070 g/mol. The maximum Gasteiger partial charge on any atom is 0.228 e. The number of H-pyrrole nitrogens is 2. The minimum absolute atomic E-state index is 0.0246. The summed E-state index contributed by atoms with van der Waals surface area (Å²) < 4.78 is 26.3. The highest BCUT2D eigenvalue weighted by Gasteiger charge is 2.36. The molecule has 4 aliphatic rings. The highest BCUT2D eigenvalue weighted by atomic mass is 32.2. The molecule has 408 valence electrons. The minimum atomic E-state index is -3.21. The van der Waals surface area contributed by atoms with E-state index in [1.54, 1.807) is 4.31 Å². The quantitative estimate of drug-likeness (QED) is 0.0953. The van der Waals surface area contributed by atoms with Gasteiger partial charge < -0.3 is 19.8 Å². The molecule has 6 aromatic heterocycles. The lowest BCUT2D eigenvalue weighted by Gasteiger charge is -2.39. The van der Waals surface area contributed by atoms with E-state index in [-0.39, 0.29) is 29.3 Å². The third kappa shape index (κ3) is 10.8. The van der Waals surface area contributed by atoms with Crippen LogP contribution in [0.5, 0.6) is 0 Å².